The molecule has 0 radical (unpaired) electrons. The van der Waals surface area contributed by atoms with E-state index < -0.39 is 59.1 Å². The number of carbonyl (C=O) groups is 7. The Morgan fingerprint density at radius 1 is 0.627 bits per heavy atom. The van der Waals surface area contributed by atoms with E-state index in [1.807, 2.05) is 53.4 Å². The fraction of sp³-hybridized carbons (Fsp3) is 0.432. The summed E-state index contributed by atoms with van der Waals surface area (Å²) in [6, 6.07) is 17.9. The molecule has 3 aromatic carbocycles. The smallest absolute Gasteiger partial charge is 0.424 e. The van der Waals surface area contributed by atoms with E-state index in [2.05, 4.69) is 10.6 Å². The van der Waals surface area contributed by atoms with E-state index in [4.69, 9.17) is 9.47 Å². The predicted molar refractivity (Wildman–Crippen MR) is 215 cm³/mol. The van der Waals surface area contributed by atoms with Gasteiger partial charge in [-0.1, -0.05) is 42.5 Å². The lowest BCUT2D eigenvalue weighted by molar-refractivity contribution is -0.153. The lowest BCUT2D eigenvalue weighted by Gasteiger charge is -2.35. The summed E-state index contributed by atoms with van der Waals surface area (Å²) in [6.07, 6.45) is -1.51. The van der Waals surface area contributed by atoms with Crippen LogP contribution in [0.5, 0.6) is 0 Å². The average molecular weight is 807 g/mol. The monoisotopic (exact) mass is 806 g/mol. The predicted octanol–water partition coefficient (Wildman–Crippen LogP) is 6.09. The Morgan fingerprint density at radius 3 is 1.66 bits per heavy atom. The van der Waals surface area contributed by atoms with Crippen molar-refractivity contribution in [2.24, 2.45) is 0 Å². The number of carbonyl (C=O) groups excluding carboxylic acids is 7. The second-order valence-corrected chi connectivity index (χ2v) is 17.3. The summed E-state index contributed by atoms with van der Waals surface area (Å²) < 4.78 is 10.7. The maximum Gasteiger partial charge on any atom is 0.424 e. The molecule has 2 fully saturated rings. The number of hydrogen-bond acceptors (Lipinski definition) is 12. The highest BCUT2D eigenvalue weighted by atomic mass is 16.6. The van der Waals surface area contributed by atoms with Gasteiger partial charge in [-0.15, -0.1) is 0 Å². The van der Waals surface area contributed by atoms with Crippen molar-refractivity contribution >= 4 is 53.1 Å². The minimum atomic E-state index is -1.04. The number of hydrogen-bond donors (Lipinski definition) is 2. The van der Waals surface area contributed by atoms with Crippen LogP contribution in [-0.2, 0) is 61.4 Å². The molecule has 7 amide bonds. The van der Waals surface area contributed by atoms with Gasteiger partial charge in [-0.2, -0.15) is 9.80 Å². The summed E-state index contributed by atoms with van der Waals surface area (Å²) in [5.41, 5.74) is 5.34. The Balaban J connectivity index is 0.947. The first-order valence-corrected chi connectivity index (χ1v) is 19.9. The molecule has 2 unspecified atom stereocenters. The van der Waals surface area contributed by atoms with E-state index in [0.29, 0.717) is 48.0 Å². The molecule has 0 spiro atoms. The van der Waals surface area contributed by atoms with E-state index >= 15 is 0 Å². The van der Waals surface area contributed by atoms with Crippen molar-refractivity contribution in [3.63, 3.8) is 0 Å². The van der Waals surface area contributed by atoms with Crippen LogP contribution < -0.4 is 10.6 Å². The topological polar surface area (TPSA) is 175 Å². The van der Waals surface area contributed by atoms with Crippen LogP contribution in [0.1, 0.15) is 105 Å². The third kappa shape index (κ3) is 8.70. The minimum Gasteiger partial charge on any atom is -0.443 e. The largest absolute Gasteiger partial charge is 0.443 e. The molecule has 2 atom stereocenters. The first-order chi connectivity index (χ1) is 27.9. The molecule has 4 aliphatic heterocycles. The molecule has 7 rings (SSSR count). The molecule has 59 heavy (non-hydrogen) atoms. The number of fused-ring (bicyclic) bond motifs is 2. The maximum absolute atomic E-state index is 13.6. The number of benzene rings is 3. The van der Waals surface area contributed by atoms with Gasteiger partial charge in [0.15, 0.2) is 0 Å². The quantitative estimate of drug-likeness (QED) is 0.251. The van der Waals surface area contributed by atoms with Crippen LogP contribution in [0.15, 0.2) is 60.7 Å². The first-order valence-electron chi connectivity index (χ1n) is 19.9. The maximum atomic E-state index is 13.6. The Morgan fingerprint density at radius 2 is 1.12 bits per heavy atom. The zero-order chi connectivity index (χ0) is 42.4. The molecule has 2 N–H and O–H groups in total. The van der Waals surface area contributed by atoms with E-state index in [9.17, 15) is 33.6 Å². The number of amides is 7. The van der Waals surface area contributed by atoms with Crippen LogP contribution >= 0.6 is 0 Å². The summed E-state index contributed by atoms with van der Waals surface area (Å²) >= 11 is 0. The summed E-state index contributed by atoms with van der Waals surface area (Å²) in [7, 11) is 0. The number of ether oxygens (including phenoxy) is 2. The zero-order valence-electron chi connectivity index (χ0n) is 34.3. The first kappa shape index (κ1) is 41.1. The molecular weight excluding hydrogens is 757 g/mol. The number of rotatable bonds is 8. The highest BCUT2D eigenvalue weighted by Gasteiger charge is 2.47. The summed E-state index contributed by atoms with van der Waals surface area (Å²) in [4.78, 5) is 95.9. The second-order valence-electron chi connectivity index (χ2n) is 17.3. The minimum absolute atomic E-state index is 0.0666. The van der Waals surface area contributed by atoms with Gasteiger partial charge in [0.25, 0.3) is 17.7 Å². The molecule has 15 nitrogen and oxygen atoms in total. The van der Waals surface area contributed by atoms with Crippen molar-refractivity contribution in [1.82, 2.24) is 19.6 Å². The van der Waals surface area contributed by atoms with Crippen molar-refractivity contribution < 1.29 is 43.0 Å². The summed E-state index contributed by atoms with van der Waals surface area (Å²) in [5.74, 6) is -2.84. The molecule has 2 saturated heterocycles. The number of imide groups is 6. The number of anilines is 2. The van der Waals surface area contributed by atoms with Crippen LogP contribution in [0.25, 0.3) is 0 Å². The van der Waals surface area contributed by atoms with Gasteiger partial charge in [0, 0.05) is 68.1 Å². The van der Waals surface area contributed by atoms with Crippen molar-refractivity contribution in [2.75, 3.05) is 10.6 Å². The van der Waals surface area contributed by atoms with E-state index in [0.717, 1.165) is 39.2 Å². The van der Waals surface area contributed by atoms with Gasteiger partial charge in [-0.05, 0) is 94.8 Å². The molecule has 4 heterocycles. The van der Waals surface area contributed by atoms with Gasteiger partial charge in [0.05, 0.1) is 6.04 Å². The molecule has 15 heteroatoms. The van der Waals surface area contributed by atoms with Crippen LogP contribution in [0, 0.1) is 0 Å². The Labute approximate surface area is 343 Å². The normalized spacial score (nSPS) is 19.8. The van der Waals surface area contributed by atoms with Crippen molar-refractivity contribution in [3.05, 3.63) is 94.0 Å². The van der Waals surface area contributed by atoms with Gasteiger partial charge in [0.2, 0.25) is 11.8 Å². The fourth-order valence-electron chi connectivity index (χ4n) is 7.94. The highest BCUT2D eigenvalue weighted by Crippen LogP contribution is 2.36. The number of piperidine rings is 2. The standard InChI is InChI=1S/C44H50N6O9/c1-43(2,3)58-41(56)49-36(51)19-17-34(39(49)54)47-23-28-9-7-11-32(30(28)24-47)45-21-26-13-15-27(16-14-26)22-46-33-12-8-10-29-31(33)25-48(38(29)53)35-18-20-37(52)50(40(35)55)42(57)59-44(4,5)6/h7-16,34-35,45-46H,17-25H2,1-6H3. The third-order valence-electron chi connectivity index (χ3n) is 10.7. The zero-order valence-corrected chi connectivity index (χ0v) is 34.3. The number of nitrogens with zero attached hydrogens (tertiary/aromatic N) is 4. The second kappa shape index (κ2) is 15.9. The van der Waals surface area contributed by atoms with E-state index in [-0.39, 0.29) is 31.7 Å². The third-order valence-corrected chi connectivity index (χ3v) is 10.7. The van der Waals surface area contributed by atoms with Crippen molar-refractivity contribution in [1.29, 1.82) is 0 Å². The number of nitrogens with one attached hydrogen (secondary N) is 2. The van der Waals surface area contributed by atoms with Crippen molar-refractivity contribution in [2.45, 2.75) is 123 Å². The number of likely N-dealkylation sites (tertiary alicyclic amines) is 2. The molecular formula is C44H50N6O9. The van der Waals surface area contributed by atoms with E-state index in [1.165, 1.54) is 4.90 Å². The van der Waals surface area contributed by atoms with Gasteiger partial charge < -0.3 is 25.0 Å². The van der Waals surface area contributed by atoms with Gasteiger partial charge in [0.1, 0.15) is 17.2 Å². The summed E-state index contributed by atoms with van der Waals surface area (Å²) in [6.45, 7) is 12.2. The van der Waals surface area contributed by atoms with Gasteiger partial charge in [-0.3, -0.25) is 28.9 Å². The SMILES string of the molecule is CC(C)(C)OC(=O)N1C(=O)CCC(N2Cc3cccc(NCc4ccc(CNc5cccc6c5CN(C5CCC(=O)N(C(=O)OC(C)(C)C)C5=O)C6=O)cc4)c3C2)C1=O. The lowest BCUT2D eigenvalue weighted by atomic mass is 10.0. The summed E-state index contributed by atoms with van der Waals surface area (Å²) in [5, 5.41) is 6.99. The van der Waals surface area contributed by atoms with Crippen LogP contribution in [0.2, 0.25) is 0 Å². The van der Waals surface area contributed by atoms with Crippen LogP contribution in [0.4, 0.5) is 21.0 Å². The molecule has 0 aliphatic carbocycles. The van der Waals surface area contributed by atoms with Gasteiger partial charge in [-0.25, -0.2) is 9.59 Å². The highest BCUT2D eigenvalue weighted by molar-refractivity contribution is 6.14. The Bertz CT molecular complexity index is 2220. The Kier molecular flexibility index (Phi) is 11.1. The Hall–Kier alpha value is -6.09. The molecule has 3 aromatic rings. The lowest BCUT2D eigenvalue weighted by Crippen LogP contribution is -2.57. The van der Waals surface area contributed by atoms with E-state index in [1.54, 1.807) is 53.7 Å². The fourth-order valence-corrected chi connectivity index (χ4v) is 7.94. The molecule has 310 valence electrons. The average Bonchev–Trinajstić information content (AvgIpc) is 3.74. The van der Waals surface area contributed by atoms with Crippen LogP contribution in [0.3, 0.4) is 0 Å². The van der Waals surface area contributed by atoms with Crippen LogP contribution in [-0.4, -0.2) is 84.6 Å². The molecule has 0 saturated carbocycles. The van der Waals surface area contributed by atoms with Crippen molar-refractivity contribution in [3.8, 4) is 0 Å². The molecule has 0 aromatic heterocycles. The van der Waals surface area contributed by atoms with Gasteiger partial charge >= 0.3 is 12.2 Å². The molecule has 0 bridgehead atoms. The molecule has 4 aliphatic rings.